The number of hydrogen-bond acceptors (Lipinski definition) is 2. The fraction of sp³-hybridized carbons (Fsp3) is 0.235. The van der Waals surface area contributed by atoms with E-state index in [1.807, 2.05) is 42.5 Å². The number of rotatable bonds is 3. The smallest absolute Gasteiger partial charge is 0.220 e. The first-order valence-electron chi connectivity index (χ1n) is 6.88. The van der Waals surface area contributed by atoms with Crippen molar-refractivity contribution in [3.63, 3.8) is 0 Å². The lowest BCUT2D eigenvalue weighted by Crippen LogP contribution is -2.13. The van der Waals surface area contributed by atoms with Crippen LogP contribution in [0.15, 0.2) is 42.5 Å². The van der Waals surface area contributed by atoms with Crippen molar-refractivity contribution in [2.45, 2.75) is 12.3 Å². The van der Waals surface area contributed by atoms with Crippen LogP contribution in [0.1, 0.15) is 17.9 Å². The number of carbonyl (C=O) groups excluding carboxylic acids is 1. The average molecular weight is 302 g/mol. The SMILES string of the molecule is COc1cc(Cl)c(C2CNC(=O)C2)cc1-c1ccccc1. The molecule has 1 heterocycles. The first-order chi connectivity index (χ1) is 10.2. The van der Waals surface area contributed by atoms with Gasteiger partial charge in [0.25, 0.3) is 0 Å². The number of hydrogen-bond donors (Lipinski definition) is 1. The van der Waals surface area contributed by atoms with E-state index in [9.17, 15) is 4.79 Å². The van der Waals surface area contributed by atoms with Gasteiger partial charge in [-0.15, -0.1) is 0 Å². The second-order valence-electron chi connectivity index (χ2n) is 5.15. The van der Waals surface area contributed by atoms with Gasteiger partial charge in [-0.2, -0.15) is 0 Å². The Bertz CT molecular complexity index is 670. The lowest BCUT2D eigenvalue weighted by atomic mass is 9.93. The average Bonchev–Trinajstić information content (AvgIpc) is 2.94. The summed E-state index contributed by atoms with van der Waals surface area (Å²) in [6.07, 6.45) is 0.486. The van der Waals surface area contributed by atoms with Crippen molar-refractivity contribution in [1.82, 2.24) is 5.32 Å². The number of benzene rings is 2. The Morgan fingerprint density at radius 2 is 2.00 bits per heavy atom. The molecule has 3 rings (SSSR count). The van der Waals surface area contributed by atoms with Gasteiger partial charge < -0.3 is 10.1 Å². The molecule has 1 aliphatic heterocycles. The number of ether oxygens (including phenoxy) is 1. The highest BCUT2D eigenvalue weighted by Gasteiger charge is 2.26. The lowest BCUT2D eigenvalue weighted by molar-refractivity contribution is -0.119. The van der Waals surface area contributed by atoms with Crippen LogP contribution in [-0.4, -0.2) is 19.6 Å². The quantitative estimate of drug-likeness (QED) is 0.940. The maximum absolute atomic E-state index is 11.4. The molecule has 1 saturated heterocycles. The minimum atomic E-state index is 0.0770. The van der Waals surface area contributed by atoms with Gasteiger partial charge in [0.1, 0.15) is 5.75 Å². The summed E-state index contributed by atoms with van der Waals surface area (Å²) < 4.78 is 5.45. The molecule has 0 saturated carbocycles. The molecule has 0 spiro atoms. The van der Waals surface area contributed by atoms with Crippen molar-refractivity contribution >= 4 is 17.5 Å². The molecule has 1 aliphatic rings. The summed E-state index contributed by atoms with van der Waals surface area (Å²) >= 11 is 6.38. The molecule has 4 heteroatoms. The fourth-order valence-corrected chi connectivity index (χ4v) is 3.03. The van der Waals surface area contributed by atoms with Gasteiger partial charge >= 0.3 is 0 Å². The maximum atomic E-state index is 11.4. The summed E-state index contributed by atoms with van der Waals surface area (Å²) in [7, 11) is 1.64. The zero-order valence-corrected chi connectivity index (χ0v) is 12.5. The number of halogens is 1. The van der Waals surface area contributed by atoms with Crippen molar-refractivity contribution in [2.24, 2.45) is 0 Å². The topological polar surface area (TPSA) is 38.3 Å². The monoisotopic (exact) mass is 301 g/mol. The molecular formula is C17H16ClNO2. The van der Waals surface area contributed by atoms with Crippen molar-refractivity contribution in [3.05, 3.63) is 53.1 Å². The molecule has 1 N–H and O–H groups in total. The predicted molar refractivity (Wildman–Crippen MR) is 83.8 cm³/mol. The van der Waals surface area contributed by atoms with E-state index in [1.165, 1.54) is 0 Å². The molecule has 2 aromatic rings. The summed E-state index contributed by atoms with van der Waals surface area (Å²) in [4.78, 5) is 11.4. The summed E-state index contributed by atoms with van der Waals surface area (Å²) in [6, 6.07) is 13.9. The van der Waals surface area contributed by atoms with Gasteiger partial charge in [0.05, 0.1) is 7.11 Å². The number of nitrogens with one attached hydrogen (secondary N) is 1. The molecule has 0 aromatic heterocycles. The molecule has 0 bridgehead atoms. The molecule has 0 aliphatic carbocycles. The maximum Gasteiger partial charge on any atom is 0.220 e. The standard InChI is InChI=1S/C17H16ClNO2/c1-21-16-9-15(18)13(12-7-17(20)19-10-12)8-14(16)11-5-3-2-4-6-11/h2-6,8-9,12H,7,10H2,1H3,(H,19,20). The van der Waals surface area contributed by atoms with Gasteiger partial charge in [0.15, 0.2) is 0 Å². The van der Waals surface area contributed by atoms with E-state index < -0.39 is 0 Å². The van der Waals surface area contributed by atoms with Gasteiger partial charge in [0.2, 0.25) is 5.91 Å². The molecule has 1 unspecified atom stereocenters. The van der Waals surface area contributed by atoms with Crippen LogP contribution in [0.3, 0.4) is 0 Å². The summed E-state index contributed by atoms with van der Waals surface area (Å²) in [5.41, 5.74) is 3.07. The van der Waals surface area contributed by atoms with E-state index in [-0.39, 0.29) is 11.8 Å². The first kappa shape index (κ1) is 14.0. The van der Waals surface area contributed by atoms with E-state index >= 15 is 0 Å². The molecule has 1 atom stereocenters. The van der Waals surface area contributed by atoms with Crippen LogP contribution in [0, 0.1) is 0 Å². The molecule has 0 radical (unpaired) electrons. The largest absolute Gasteiger partial charge is 0.496 e. The molecule has 3 nitrogen and oxygen atoms in total. The fourth-order valence-electron chi connectivity index (χ4n) is 2.72. The third kappa shape index (κ3) is 2.74. The molecular weight excluding hydrogens is 286 g/mol. The Kier molecular flexibility index (Phi) is 3.84. The van der Waals surface area contributed by atoms with E-state index in [1.54, 1.807) is 7.11 Å². The van der Waals surface area contributed by atoms with E-state index in [0.29, 0.717) is 18.0 Å². The van der Waals surface area contributed by atoms with Crippen LogP contribution < -0.4 is 10.1 Å². The highest BCUT2D eigenvalue weighted by Crippen LogP contribution is 2.39. The zero-order chi connectivity index (χ0) is 14.8. The van der Waals surface area contributed by atoms with Crippen LogP contribution in [0.25, 0.3) is 11.1 Å². The third-order valence-electron chi connectivity index (χ3n) is 3.82. The molecule has 21 heavy (non-hydrogen) atoms. The summed E-state index contributed by atoms with van der Waals surface area (Å²) in [5.74, 6) is 0.943. The van der Waals surface area contributed by atoms with E-state index in [0.717, 1.165) is 22.4 Å². The normalized spacial score (nSPS) is 17.6. The highest BCUT2D eigenvalue weighted by atomic mass is 35.5. The van der Waals surface area contributed by atoms with Crippen molar-refractivity contribution < 1.29 is 9.53 Å². The molecule has 108 valence electrons. The van der Waals surface area contributed by atoms with Gasteiger partial charge in [0, 0.05) is 29.5 Å². The lowest BCUT2D eigenvalue weighted by Gasteiger charge is -2.16. The van der Waals surface area contributed by atoms with E-state index in [2.05, 4.69) is 5.32 Å². The van der Waals surface area contributed by atoms with Crippen LogP contribution in [-0.2, 0) is 4.79 Å². The highest BCUT2D eigenvalue weighted by molar-refractivity contribution is 6.31. The first-order valence-corrected chi connectivity index (χ1v) is 7.26. The van der Waals surface area contributed by atoms with Crippen molar-refractivity contribution in [1.29, 1.82) is 0 Å². The molecule has 2 aromatic carbocycles. The van der Waals surface area contributed by atoms with Crippen LogP contribution in [0.4, 0.5) is 0 Å². The third-order valence-corrected chi connectivity index (χ3v) is 4.15. The van der Waals surface area contributed by atoms with Gasteiger partial charge in [-0.25, -0.2) is 0 Å². The number of carbonyl (C=O) groups is 1. The van der Waals surface area contributed by atoms with Crippen molar-refractivity contribution in [3.8, 4) is 16.9 Å². The van der Waals surface area contributed by atoms with E-state index in [4.69, 9.17) is 16.3 Å². The van der Waals surface area contributed by atoms with Crippen LogP contribution in [0.5, 0.6) is 5.75 Å². The van der Waals surface area contributed by atoms with Gasteiger partial charge in [-0.3, -0.25) is 4.79 Å². The van der Waals surface area contributed by atoms with Gasteiger partial charge in [-0.1, -0.05) is 41.9 Å². The number of methoxy groups -OCH3 is 1. The number of amides is 1. The molecule has 1 amide bonds. The molecule has 1 fully saturated rings. The Morgan fingerprint density at radius 3 is 2.62 bits per heavy atom. The van der Waals surface area contributed by atoms with Gasteiger partial charge in [-0.05, 0) is 23.3 Å². The van der Waals surface area contributed by atoms with Crippen LogP contribution >= 0.6 is 11.6 Å². The Balaban J connectivity index is 2.08. The Labute approximate surface area is 128 Å². The Hall–Kier alpha value is -2.00. The summed E-state index contributed by atoms with van der Waals surface area (Å²) in [5, 5.41) is 3.50. The van der Waals surface area contributed by atoms with Crippen molar-refractivity contribution in [2.75, 3.05) is 13.7 Å². The second-order valence-corrected chi connectivity index (χ2v) is 5.55. The van der Waals surface area contributed by atoms with Crippen LogP contribution in [0.2, 0.25) is 5.02 Å². The zero-order valence-electron chi connectivity index (χ0n) is 11.7. The summed E-state index contributed by atoms with van der Waals surface area (Å²) in [6.45, 7) is 0.638. The minimum Gasteiger partial charge on any atom is -0.496 e. The minimum absolute atomic E-state index is 0.0770. The second kappa shape index (κ2) is 5.78. The Morgan fingerprint density at radius 1 is 1.24 bits per heavy atom. The predicted octanol–water partition coefficient (Wildman–Crippen LogP) is 3.62.